The SMILES string of the molecule is Cc1cc(NC2CCCC(C)C2)c2cc(N)ccc2n1. The van der Waals surface area contributed by atoms with Crippen molar-refractivity contribution < 1.29 is 0 Å². The van der Waals surface area contributed by atoms with E-state index in [2.05, 4.69) is 23.3 Å². The molecule has 2 unspecified atom stereocenters. The average Bonchev–Trinajstić information content (AvgIpc) is 2.39. The molecule has 1 aliphatic carbocycles. The fourth-order valence-electron chi connectivity index (χ4n) is 3.28. The van der Waals surface area contributed by atoms with Crippen molar-refractivity contribution in [3.05, 3.63) is 30.0 Å². The highest BCUT2D eigenvalue weighted by molar-refractivity contribution is 5.93. The van der Waals surface area contributed by atoms with Crippen LogP contribution in [-0.4, -0.2) is 11.0 Å². The molecule has 3 N–H and O–H groups in total. The number of hydrogen-bond donors (Lipinski definition) is 2. The van der Waals surface area contributed by atoms with Crippen LogP contribution in [0.1, 0.15) is 38.3 Å². The predicted octanol–water partition coefficient (Wildman–Crippen LogP) is 4.12. The monoisotopic (exact) mass is 269 g/mol. The van der Waals surface area contributed by atoms with Crippen LogP contribution >= 0.6 is 0 Å². The van der Waals surface area contributed by atoms with E-state index >= 15 is 0 Å². The zero-order valence-corrected chi connectivity index (χ0v) is 12.3. The van der Waals surface area contributed by atoms with Gasteiger partial charge in [0.15, 0.2) is 0 Å². The van der Waals surface area contributed by atoms with E-state index in [1.165, 1.54) is 31.4 Å². The highest BCUT2D eigenvalue weighted by Gasteiger charge is 2.19. The van der Waals surface area contributed by atoms with E-state index in [0.717, 1.165) is 28.2 Å². The average molecular weight is 269 g/mol. The summed E-state index contributed by atoms with van der Waals surface area (Å²) in [5.41, 5.74) is 9.97. The number of aryl methyl sites for hydroxylation is 1. The van der Waals surface area contributed by atoms with E-state index in [0.29, 0.717) is 6.04 Å². The van der Waals surface area contributed by atoms with Crippen LogP contribution in [0, 0.1) is 12.8 Å². The Labute approximate surface area is 120 Å². The molecule has 0 radical (unpaired) electrons. The van der Waals surface area contributed by atoms with Crippen molar-refractivity contribution in [3.8, 4) is 0 Å². The van der Waals surface area contributed by atoms with E-state index in [9.17, 15) is 0 Å². The first-order chi connectivity index (χ1) is 9.61. The fourth-order valence-corrected chi connectivity index (χ4v) is 3.28. The molecule has 1 saturated carbocycles. The number of aromatic nitrogens is 1. The Kier molecular flexibility index (Phi) is 3.51. The molecule has 1 fully saturated rings. The molecule has 0 bridgehead atoms. The number of nitrogens with one attached hydrogen (secondary N) is 1. The number of pyridine rings is 1. The van der Waals surface area contributed by atoms with E-state index < -0.39 is 0 Å². The maximum Gasteiger partial charge on any atom is 0.0727 e. The summed E-state index contributed by atoms with van der Waals surface area (Å²) in [6.07, 6.45) is 5.20. The summed E-state index contributed by atoms with van der Waals surface area (Å²) in [4.78, 5) is 4.59. The van der Waals surface area contributed by atoms with Crippen LogP contribution in [0.5, 0.6) is 0 Å². The molecule has 0 aliphatic heterocycles. The Bertz CT molecular complexity index is 621. The Morgan fingerprint density at radius 3 is 2.90 bits per heavy atom. The zero-order chi connectivity index (χ0) is 14.1. The summed E-state index contributed by atoms with van der Waals surface area (Å²) in [5.74, 6) is 0.820. The molecule has 2 aromatic rings. The minimum absolute atomic E-state index is 0.574. The number of nitrogens with zero attached hydrogens (tertiary/aromatic N) is 1. The maximum absolute atomic E-state index is 5.93. The minimum atomic E-state index is 0.574. The van der Waals surface area contributed by atoms with Gasteiger partial charge in [-0.3, -0.25) is 4.98 Å². The maximum atomic E-state index is 5.93. The third-order valence-corrected chi connectivity index (χ3v) is 4.26. The van der Waals surface area contributed by atoms with Crippen LogP contribution in [0.25, 0.3) is 10.9 Å². The molecule has 0 amide bonds. The zero-order valence-electron chi connectivity index (χ0n) is 12.3. The first-order valence-corrected chi connectivity index (χ1v) is 7.55. The molecule has 20 heavy (non-hydrogen) atoms. The van der Waals surface area contributed by atoms with Gasteiger partial charge in [-0.2, -0.15) is 0 Å². The van der Waals surface area contributed by atoms with Gasteiger partial charge in [0.25, 0.3) is 0 Å². The van der Waals surface area contributed by atoms with Gasteiger partial charge in [-0.15, -0.1) is 0 Å². The molecule has 0 saturated heterocycles. The van der Waals surface area contributed by atoms with Gasteiger partial charge in [-0.05, 0) is 49.9 Å². The molecule has 3 heteroatoms. The first kappa shape index (κ1) is 13.2. The van der Waals surface area contributed by atoms with Crippen molar-refractivity contribution >= 4 is 22.3 Å². The van der Waals surface area contributed by atoms with Crippen LogP contribution in [-0.2, 0) is 0 Å². The topological polar surface area (TPSA) is 50.9 Å². The van der Waals surface area contributed by atoms with Gasteiger partial charge < -0.3 is 11.1 Å². The largest absolute Gasteiger partial charge is 0.399 e. The second-order valence-electron chi connectivity index (χ2n) is 6.20. The van der Waals surface area contributed by atoms with Crippen LogP contribution in [0.4, 0.5) is 11.4 Å². The van der Waals surface area contributed by atoms with E-state index in [1.807, 2.05) is 25.1 Å². The Balaban J connectivity index is 1.95. The summed E-state index contributed by atoms with van der Waals surface area (Å²) in [5, 5.41) is 4.86. The van der Waals surface area contributed by atoms with Crippen LogP contribution < -0.4 is 11.1 Å². The van der Waals surface area contributed by atoms with Crippen molar-refractivity contribution in [2.45, 2.75) is 45.6 Å². The molecule has 3 nitrogen and oxygen atoms in total. The van der Waals surface area contributed by atoms with Crippen LogP contribution in [0.3, 0.4) is 0 Å². The van der Waals surface area contributed by atoms with Gasteiger partial charge in [0.1, 0.15) is 0 Å². The minimum Gasteiger partial charge on any atom is -0.399 e. The second kappa shape index (κ2) is 5.31. The normalized spacial score (nSPS) is 22.9. The van der Waals surface area contributed by atoms with Crippen molar-refractivity contribution in [3.63, 3.8) is 0 Å². The molecule has 1 aromatic heterocycles. The Morgan fingerprint density at radius 1 is 1.25 bits per heavy atom. The lowest BCUT2D eigenvalue weighted by molar-refractivity contribution is 0.359. The van der Waals surface area contributed by atoms with Crippen molar-refractivity contribution in [1.82, 2.24) is 4.98 Å². The molecule has 1 aromatic carbocycles. The Hall–Kier alpha value is -1.77. The van der Waals surface area contributed by atoms with E-state index in [1.54, 1.807) is 0 Å². The molecule has 3 rings (SSSR count). The highest BCUT2D eigenvalue weighted by Crippen LogP contribution is 2.30. The molecule has 1 aliphatic rings. The Morgan fingerprint density at radius 2 is 2.10 bits per heavy atom. The lowest BCUT2D eigenvalue weighted by atomic mass is 9.87. The van der Waals surface area contributed by atoms with Gasteiger partial charge >= 0.3 is 0 Å². The molecular formula is C17H23N3. The number of fused-ring (bicyclic) bond motifs is 1. The lowest BCUT2D eigenvalue weighted by Gasteiger charge is -2.28. The summed E-state index contributed by atoms with van der Waals surface area (Å²) < 4.78 is 0. The summed E-state index contributed by atoms with van der Waals surface area (Å²) >= 11 is 0. The number of benzene rings is 1. The fraction of sp³-hybridized carbons (Fsp3) is 0.471. The summed E-state index contributed by atoms with van der Waals surface area (Å²) in [6.45, 7) is 4.40. The van der Waals surface area contributed by atoms with Crippen molar-refractivity contribution in [2.24, 2.45) is 5.92 Å². The van der Waals surface area contributed by atoms with E-state index in [-0.39, 0.29) is 0 Å². The quantitative estimate of drug-likeness (QED) is 0.806. The first-order valence-electron chi connectivity index (χ1n) is 7.55. The van der Waals surface area contributed by atoms with E-state index in [4.69, 9.17) is 5.73 Å². The molecular weight excluding hydrogens is 246 g/mol. The third kappa shape index (κ3) is 2.72. The van der Waals surface area contributed by atoms with Gasteiger partial charge in [-0.25, -0.2) is 0 Å². The number of nitrogen functional groups attached to an aromatic ring is 1. The lowest BCUT2D eigenvalue weighted by Crippen LogP contribution is -2.26. The number of rotatable bonds is 2. The van der Waals surface area contributed by atoms with Gasteiger partial charge in [0.05, 0.1) is 5.52 Å². The second-order valence-corrected chi connectivity index (χ2v) is 6.20. The van der Waals surface area contributed by atoms with Gasteiger partial charge in [0, 0.05) is 28.5 Å². The van der Waals surface area contributed by atoms with Crippen LogP contribution in [0.2, 0.25) is 0 Å². The number of anilines is 2. The number of hydrogen-bond acceptors (Lipinski definition) is 3. The van der Waals surface area contributed by atoms with Gasteiger partial charge in [0.2, 0.25) is 0 Å². The van der Waals surface area contributed by atoms with Crippen LogP contribution in [0.15, 0.2) is 24.3 Å². The number of nitrogens with two attached hydrogens (primary N) is 1. The summed E-state index contributed by atoms with van der Waals surface area (Å²) in [6, 6.07) is 8.66. The van der Waals surface area contributed by atoms with Crippen molar-refractivity contribution in [2.75, 3.05) is 11.1 Å². The summed E-state index contributed by atoms with van der Waals surface area (Å²) in [7, 11) is 0. The highest BCUT2D eigenvalue weighted by atomic mass is 14.9. The molecule has 106 valence electrons. The van der Waals surface area contributed by atoms with Crippen molar-refractivity contribution in [1.29, 1.82) is 0 Å². The smallest absolute Gasteiger partial charge is 0.0727 e. The molecule has 1 heterocycles. The predicted molar refractivity (Wildman–Crippen MR) is 85.9 cm³/mol. The molecule has 2 atom stereocenters. The molecule has 0 spiro atoms. The standard InChI is InChI=1S/C17H23N3/c1-11-4-3-5-14(8-11)20-17-9-12(2)19-16-7-6-13(18)10-15(16)17/h6-7,9-11,14H,3-5,8,18H2,1-2H3,(H,19,20). The third-order valence-electron chi connectivity index (χ3n) is 4.26. The van der Waals surface area contributed by atoms with Gasteiger partial charge in [-0.1, -0.05) is 19.8 Å².